The molecule has 0 radical (unpaired) electrons. The Morgan fingerprint density at radius 3 is 2.66 bits per heavy atom. The summed E-state index contributed by atoms with van der Waals surface area (Å²) in [4.78, 5) is 22.5. The first-order valence-corrected chi connectivity index (χ1v) is 10.1. The predicted molar refractivity (Wildman–Crippen MR) is 114 cm³/mol. The number of urea groups is 1. The Bertz CT molecular complexity index is 1120. The molecule has 0 spiro atoms. The van der Waals surface area contributed by atoms with Crippen molar-refractivity contribution in [2.75, 3.05) is 16.8 Å². The monoisotopic (exact) mass is 442 g/mol. The van der Waals surface area contributed by atoms with Crippen LogP contribution in [0.3, 0.4) is 0 Å². The van der Waals surface area contributed by atoms with Crippen molar-refractivity contribution in [2.24, 2.45) is 0 Å². The molecule has 1 aliphatic heterocycles. The first kappa shape index (κ1) is 21.6. The largest absolute Gasteiger partial charge is 0.468 e. The fourth-order valence-electron chi connectivity index (χ4n) is 3.65. The summed E-state index contributed by atoms with van der Waals surface area (Å²) >= 11 is 0. The Balaban J connectivity index is 1.44. The van der Waals surface area contributed by atoms with E-state index in [2.05, 4.69) is 15.3 Å². The van der Waals surface area contributed by atoms with Gasteiger partial charge in [0.2, 0.25) is 5.88 Å². The van der Waals surface area contributed by atoms with Gasteiger partial charge in [0.05, 0.1) is 23.1 Å². The molecule has 32 heavy (non-hydrogen) atoms. The molecule has 6 nitrogen and oxygen atoms in total. The zero-order chi connectivity index (χ0) is 22.9. The Morgan fingerprint density at radius 1 is 1.19 bits per heavy atom. The number of carbonyl (C=O) groups excluding carboxylic acids is 1. The van der Waals surface area contributed by atoms with Crippen LogP contribution in [-0.2, 0) is 12.6 Å². The van der Waals surface area contributed by atoms with Gasteiger partial charge in [0.1, 0.15) is 6.10 Å². The maximum absolute atomic E-state index is 13.3. The van der Waals surface area contributed by atoms with Crippen molar-refractivity contribution in [3.8, 4) is 5.88 Å². The molecule has 0 saturated heterocycles. The third-order valence-corrected chi connectivity index (χ3v) is 5.26. The highest BCUT2D eigenvalue weighted by atomic mass is 19.4. The predicted octanol–water partition coefficient (Wildman–Crippen LogP) is 5.54. The number of aromatic nitrogens is 2. The van der Waals surface area contributed by atoms with Crippen molar-refractivity contribution >= 4 is 17.4 Å². The molecule has 1 N–H and O–H groups in total. The second-order valence-electron chi connectivity index (χ2n) is 7.53. The van der Waals surface area contributed by atoms with Crippen LogP contribution in [0.15, 0.2) is 54.9 Å². The van der Waals surface area contributed by atoms with Crippen molar-refractivity contribution in [1.82, 2.24) is 9.97 Å². The molecule has 2 aromatic heterocycles. The zero-order valence-corrected chi connectivity index (χ0v) is 17.5. The molecule has 4 rings (SSSR count). The highest BCUT2D eigenvalue weighted by Gasteiger charge is 2.35. The molecule has 0 aliphatic carbocycles. The molecule has 0 fully saturated rings. The topological polar surface area (TPSA) is 67.4 Å². The number of carbonyl (C=O) groups is 1. The van der Waals surface area contributed by atoms with Crippen LogP contribution in [-0.4, -0.2) is 22.5 Å². The maximum Gasteiger partial charge on any atom is 0.416 e. The summed E-state index contributed by atoms with van der Waals surface area (Å²) in [6.45, 7) is 3.58. The molecule has 3 heterocycles. The second kappa shape index (κ2) is 8.49. The van der Waals surface area contributed by atoms with E-state index in [4.69, 9.17) is 4.74 Å². The fourth-order valence-corrected chi connectivity index (χ4v) is 3.65. The summed E-state index contributed by atoms with van der Waals surface area (Å²) in [5, 5.41) is 2.69. The van der Waals surface area contributed by atoms with E-state index >= 15 is 0 Å². The Hall–Kier alpha value is -3.62. The first-order chi connectivity index (χ1) is 15.2. The van der Waals surface area contributed by atoms with E-state index in [1.807, 2.05) is 25.1 Å². The molecule has 1 aliphatic rings. The summed E-state index contributed by atoms with van der Waals surface area (Å²) in [5.74, 6) is 0.359. The minimum Gasteiger partial charge on any atom is -0.468 e. The number of ether oxygens (including phenoxy) is 1. The van der Waals surface area contributed by atoms with Crippen LogP contribution in [0.5, 0.6) is 5.88 Å². The van der Waals surface area contributed by atoms with E-state index in [1.165, 1.54) is 24.1 Å². The van der Waals surface area contributed by atoms with E-state index < -0.39 is 17.8 Å². The molecule has 3 aromatic rings. The van der Waals surface area contributed by atoms with Gasteiger partial charge in [-0.1, -0.05) is 12.1 Å². The van der Waals surface area contributed by atoms with E-state index in [9.17, 15) is 18.0 Å². The number of benzene rings is 1. The second-order valence-corrected chi connectivity index (χ2v) is 7.53. The number of fused-ring (bicyclic) bond motifs is 1. The van der Waals surface area contributed by atoms with Crippen LogP contribution < -0.4 is 15.0 Å². The Kier molecular flexibility index (Phi) is 5.73. The van der Waals surface area contributed by atoms with Gasteiger partial charge in [-0.2, -0.15) is 13.2 Å². The lowest BCUT2D eigenvalue weighted by Crippen LogP contribution is -2.33. The van der Waals surface area contributed by atoms with Crippen LogP contribution in [0.1, 0.15) is 35.4 Å². The van der Waals surface area contributed by atoms with Crippen molar-refractivity contribution in [3.63, 3.8) is 0 Å². The number of nitrogens with one attached hydrogen (secondary N) is 1. The molecule has 1 aromatic carbocycles. The number of hydrogen-bond donors (Lipinski definition) is 1. The van der Waals surface area contributed by atoms with Gasteiger partial charge in [-0.25, -0.2) is 9.78 Å². The number of pyridine rings is 2. The highest BCUT2D eigenvalue weighted by molar-refractivity contribution is 6.03. The highest BCUT2D eigenvalue weighted by Crippen LogP contribution is 2.38. The molecule has 0 saturated carbocycles. The number of amides is 2. The number of aryl methyl sites for hydroxylation is 1. The van der Waals surface area contributed by atoms with E-state index in [1.54, 1.807) is 18.3 Å². The number of hydrogen-bond acceptors (Lipinski definition) is 4. The summed E-state index contributed by atoms with van der Waals surface area (Å²) < 4.78 is 45.6. The van der Waals surface area contributed by atoms with Gasteiger partial charge >= 0.3 is 12.2 Å². The van der Waals surface area contributed by atoms with Crippen LogP contribution >= 0.6 is 0 Å². The lowest BCUT2D eigenvalue weighted by Gasteiger charge is -2.20. The SMILES string of the molecule is Cc1cc2c(cc1C(F)(F)F)N(C(=O)Nc1ccc(OC(C)c3ccccn3)nc1)CC2. The fraction of sp³-hybridized carbons (Fsp3) is 0.261. The van der Waals surface area contributed by atoms with Gasteiger partial charge in [-0.15, -0.1) is 0 Å². The van der Waals surface area contributed by atoms with E-state index in [0.717, 1.165) is 17.3 Å². The lowest BCUT2D eigenvalue weighted by atomic mass is 10.0. The smallest absolute Gasteiger partial charge is 0.416 e. The normalized spacial score (nSPS) is 14.1. The van der Waals surface area contributed by atoms with Gasteiger partial charge in [-0.3, -0.25) is 9.88 Å². The molecule has 9 heteroatoms. The van der Waals surface area contributed by atoms with Crippen molar-refractivity contribution in [2.45, 2.75) is 32.5 Å². The standard InChI is InChI=1S/C23H21F3N4O2/c1-14-11-16-8-10-30(20(16)12-18(14)23(24,25)26)22(31)29-17-6-7-21(28-13-17)32-15(2)19-5-3-4-9-27-19/h3-7,9,11-13,15H,8,10H2,1-2H3,(H,29,31). The van der Waals surface area contributed by atoms with Crippen LogP contribution in [0.25, 0.3) is 0 Å². The lowest BCUT2D eigenvalue weighted by molar-refractivity contribution is -0.138. The van der Waals surface area contributed by atoms with Crippen LogP contribution in [0.2, 0.25) is 0 Å². The molecule has 1 atom stereocenters. The number of anilines is 2. The van der Waals surface area contributed by atoms with Gasteiger partial charge in [0.25, 0.3) is 0 Å². The van der Waals surface area contributed by atoms with Crippen LogP contribution in [0.4, 0.5) is 29.3 Å². The summed E-state index contributed by atoms with van der Waals surface area (Å²) in [7, 11) is 0. The number of halogens is 3. The molecule has 166 valence electrons. The van der Waals surface area contributed by atoms with Crippen LogP contribution in [0, 0.1) is 6.92 Å². The summed E-state index contributed by atoms with van der Waals surface area (Å²) in [5.41, 5.74) is 1.57. The zero-order valence-electron chi connectivity index (χ0n) is 17.5. The average molecular weight is 442 g/mol. The average Bonchev–Trinajstić information content (AvgIpc) is 3.17. The number of alkyl halides is 3. The molecular formula is C23H21F3N4O2. The Morgan fingerprint density at radius 2 is 2.00 bits per heavy atom. The number of nitrogens with zero attached hydrogens (tertiary/aromatic N) is 3. The number of rotatable bonds is 4. The minimum absolute atomic E-state index is 0.151. The third kappa shape index (κ3) is 4.51. The minimum atomic E-state index is -4.48. The Labute approximate surface area is 183 Å². The first-order valence-electron chi connectivity index (χ1n) is 10.1. The van der Waals surface area contributed by atoms with E-state index in [-0.39, 0.29) is 17.4 Å². The molecule has 2 amide bonds. The molecule has 1 unspecified atom stereocenters. The third-order valence-electron chi connectivity index (χ3n) is 5.26. The summed E-state index contributed by atoms with van der Waals surface area (Å²) in [6, 6.07) is 10.8. The van der Waals surface area contributed by atoms with Crippen molar-refractivity contribution in [3.05, 3.63) is 77.2 Å². The van der Waals surface area contributed by atoms with Crippen molar-refractivity contribution < 1.29 is 22.7 Å². The van der Waals surface area contributed by atoms with Gasteiger partial charge in [0.15, 0.2) is 0 Å². The van der Waals surface area contributed by atoms with Gasteiger partial charge in [0, 0.05) is 24.5 Å². The molecule has 0 bridgehead atoms. The molecular weight excluding hydrogens is 421 g/mol. The van der Waals surface area contributed by atoms with Crippen molar-refractivity contribution in [1.29, 1.82) is 0 Å². The van der Waals surface area contributed by atoms with E-state index in [0.29, 0.717) is 24.5 Å². The van der Waals surface area contributed by atoms with Gasteiger partial charge in [-0.05, 0) is 55.7 Å². The maximum atomic E-state index is 13.3. The quantitative estimate of drug-likeness (QED) is 0.576. The van der Waals surface area contributed by atoms with Gasteiger partial charge < -0.3 is 10.1 Å². The summed E-state index contributed by atoms with van der Waals surface area (Å²) in [6.07, 6.45) is -1.17.